The molecule has 2 aromatic rings. The number of fused-ring (bicyclic) bond motifs is 1. The lowest BCUT2D eigenvalue weighted by atomic mass is 10.5. The average Bonchev–Trinajstić information content (AvgIpc) is 2.31. The van der Waals surface area contributed by atoms with Crippen LogP contribution in [-0.2, 0) is 0 Å². The molecule has 2 nitrogen and oxygen atoms in total. The Morgan fingerprint density at radius 1 is 1.50 bits per heavy atom. The Morgan fingerprint density at radius 3 is 3.00 bits per heavy atom. The summed E-state index contributed by atoms with van der Waals surface area (Å²) < 4.78 is 3.10. The molecule has 0 saturated heterocycles. The maximum absolute atomic E-state index is 5.85. The molecule has 0 aliphatic rings. The second-order valence-electron chi connectivity index (χ2n) is 2.56. The quantitative estimate of drug-likeness (QED) is 0.683. The molecule has 62 valence electrons. The molecule has 0 fully saturated rings. The van der Waals surface area contributed by atoms with E-state index in [0.717, 1.165) is 20.1 Å². The topological polar surface area (TPSA) is 17.3 Å². The largest absolute Gasteiger partial charge is 0.293 e. The first kappa shape index (κ1) is 8.31. The van der Waals surface area contributed by atoms with Crippen molar-refractivity contribution in [2.24, 2.45) is 0 Å². The Balaban J connectivity index is 2.88. The molecule has 4 heteroatoms. The Kier molecular flexibility index (Phi) is 2.00. The summed E-state index contributed by atoms with van der Waals surface area (Å²) in [5.41, 5.74) is 1.99. The van der Waals surface area contributed by atoms with E-state index in [0.29, 0.717) is 0 Å². The molecule has 2 aromatic heterocycles. The van der Waals surface area contributed by atoms with Gasteiger partial charge in [0.1, 0.15) is 9.35 Å². The summed E-state index contributed by atoms with van der Waals surface area (Å²) in [5, 5.41) is 0.734. The summed E-state index contributed by atoms with van der Waals surface area (Å²) >= 11 is 8.10. The summed E-state index contributed by atoms with van der Waals surface area (Å²) in [7, 11) is 0. The van der Waals surface area contributed by atoms with Gasteiger partial charge in [-0.3, -0.25) is 4.40 Å². The van der Waals surface area contributed by atoms with Crippen molar-refractivity contribution in [1.29, 1.82) is 0 Å². The monoisotopic (exact) mass is 292 g/mol. The van der Waals surface area contributed by atoms with Crippen LogP contribution >= 0.6 is 34.2 Å². The van der Waals surface area contributed by atoms with Gasteiger partial charge in [0.2, 0.25) is 0 Å². The molecule has 0 atom stereocenters. The highest BCUT2D eigenvalue weighted by atomic mass is 127. The molecule has 0 unspecified atom stereocenters. The number of pyridine rings is 1. The van der Waals surface area contributed by atoms with Crippen LogP contribution in [-0.4, -0.2) is 9.38 Å². The maximum Gasteiger partial charge on any atom is 0.137 e. The minimum absolute atomic E-state index is 0.734. The molecule has 0 saturated carbocycles. The van der Waals surface area contributed by atoms with Gasteiger partial charge in [-0.25, -0.2) is 4.98 Å². The van der Waals surface area contributed by atoms with E-state index in [1.165, 1.54) is 0 Å². The van der Waals surface area contributed by atoms with E-state index in [1.54, 1.807) is 0 Å². The molecule has 2 heterocycles. The minimum atomic E-state index is 0.734. The number of hydrogen-bond donors (Lipinski definition) is 0. The first-order valence-corrected chi connectivity index (χ1v) is 4.94. The summed E-state index contributed by atoms with van der Waals surface area (Å²) in [5.74, 6) is 0. The lowest BCUT2D eigenvalue weighted by molar-refractivity contribution is 1.14. The molecule has 0 N–H and O–H groups in total. The highest BCUT2D eigenvalue weighted by molar-refractivity contribution is 14.1. The van der Waals surface area contributed by atoms with Gasteiger partial charge in [-0.05, 0) is 41.6 Å². The SMILES string of the molecule is Cc1nc2ccc(Cl)cn2c1I. The van der Waals surface area contributed by atoms with Crippen LogP contribution in [0.15, 0.2) is 18.3 Å². The highest BCUT2D eigenvalue weighted by Crippen LogP contribution is 2.17. The van der Waals surface area contributed by atoms with Gasteiger partial charge >= 0.3 is 0 Å². The van der Waals surface area contributed by atoms with E-state index in [4.69, 9.17) is 11.6 Å². The molecule has 0 spiro atoms. The predicted molar refractivity (Wildman–Crippen MR) is 57.7 cm³/mol. The van der Waals surface area contributed by atoms with Crippen LogP contribution in [0.5, 0.6) is 0 Å². The third-order valence-corrected chi connectivity index (χ3v) is 3.21. The standard InChI is InChI=1S/C8H6ClIN2/c1-5-8(10)12-4-6(9)2-3-7(12)11-5/h2-4H,1H3. The van der Waals surface area contributed by atoms with Crippen LogP contribution in [0.3, 0.4) is 0 Å². The number of rotatable bonds is 0. The first-order valence-electron chi connectivity index (χ1n) is 3.48. The molecule has 0 aromatic carbocycles. The molecule has 12 heavy (non-hydrogen) atoms. The average molecular weight is 293 g/mol. The highest BCUT2D eigenvalue weighted by Gasteiger charge is 2.04. The van der Waals surface area contributed by atoms with Crippen molar-refractivity contribution >= 4 is 39.8 Å². The number of imidazole rings is 1. The molecule has 0 aliphatic carbocycles. The van der Waals surface area contributed by atoms with Crippen molar-refractivity contribution in [2.45, 2.75) is 6.92 Å². The van der Waals surface area contributed by atoms with Gasteiger partial charge in [0.15, 0.2) is 0 Å². The third kappa shape index (κ3) is 1.21. The van der Waals surface area contributed by atoms with Gasteiger partial charge in [0.25, 0.3) is 0 Å². The Labute approximate surface area is 88.7 Å². The van der Waals surface area contributed by atoms with E-state index < -0.39 is 0 Å². The van der Waals surface area contributed by atoms with Crippen LogP contribution in [0.2, 0.25) is 5.02 Å². The summed E-state index contributed by atoms with van der Waals surface area (Å²) in [6.07, 6.45) is 1.87. The van der Waals surface area contributed by atoms with Gasteiger partial charge in [0.05, 0.1) is 10.7 Å². The zero-order valence-corrected chi connectivity index (χ0v) is 9.30. The number of aromatic nitrogens is 2. The van der Waals surface area contributed by atoms with Crippen molar-refractivity contribution in [3.8, 4) is 0 Å². The van der Waals surface area contributed by atoms with Gasteiger partial charge in [-0.15, -0.1) is 0 Å². The van der Waals surface area contributed by atoms with Crippen molar-refractivity contribution in [3.63, 3.8) is 0 Å². The molecular weight excluding hydrogens is 286 g/mol. The number of aryl methyl sites for hydroxylation is 1. The second kappa shape index (κ2) is 2.88. The van der Waals surface area contributed by atoms with Gasteiger partial charge in [-0.2, -0.15) is 0 Å². The van der Waals surface area contributed by atoms with Crippen LogP contribution in [0.4, 0.5) is 0 Å². The molecule has 0 radical (unpaired) electrons. The zero-order chi connectivity index (χ0) is 8.72. The first-order chi connectivity index (χ1) is 5.68. The lowest BCUT2D eigenvalue weighted by Crippen LogP contribution is -1.85. The molecule has 0 bridgehead atoms. The van der Waals surface area contributed by atoms with Crippen LogP contribution in [0.25, 0.3) is 5.65 Å². The van der Waals surface area contributed by atoms with Crippen molar-refractivity contribution < 1.29 is 0 Å². The van der Waals surface area contributed by atoms with E-state index in [1.807, 2.05) is 29.7 Å². The molecule has 0 aliphatic heterocycles. The fourth-order valence-corrected chi connectivity index (χ4v) is 1.78. The third-order valence-electron chi connectivity index (χ3n) is 1.68. The van der Waals surface area contributed by atoms with E-state index in [2.05, 4.69) is 27.6 Å². The van der Waals surface area contributed by atoms with E-state index in [-0.39, 0.29) is 0 Å². The van der Waals surface area contributed by atoms with Crippen molar-refractivity contribution in [1.82, 2.24) is 9.38 Å². The van der Waals surface area contributed by atoms with E-state index in [9.17, 15) is 0 Å². The molecule has 2 rings (SSSR count). The number of hydrogen-bond acceptors (Lipinski definition) is 1. The van der Waals surface area contributed by atoms with Crippen LogP contribution in [0, 0.1) is 10.6 Å². The normalized spacial score (nSPS) is 10.9. The second-order valence-corrected chi connectivity index (χ2v) is 4.02. The predicted octanol–water partition coefficient (Wildman–Crippen LogP) is 2.90. The Hall–Kier alpha value is -0.290. The molecular formula is C8H6ClIN2. The molecule has 0 amide bonds. The Morgan fingerprint density at radius 2 is 2.25 bits per heavy atom. The Bertz CT molecular complexity index is 436. The fraction of sp³-hybridized carbons (Fsp3) is 0.125. The van der Waals surface area contributed by atoms with E-state index >= 15 is 0 Å². The number of nitrogens with zero attached hydrogens (tertiary/aromatic N) is 2. The van der Waals surface area contributed by atoms with Crippen LogP contribution < -0.4 is 0 Å². The van der Waals surface area contributed by atoms with Gasteiger partial charge in [-0.1, -0.05) is 11.6 Å². The van der Waals surface area contributed by atoms with Gasteiger partial charge < -0.3 is 0 Å². The maximum atomic E-state index is 5.85. The van der Waals surface area contributed by atoms with Crippen LogP contribution in [0.1, 0.15) is 5.69 Å². The number of halogens is 2. The van der Waals surface area contributed by atoms with Gasteiger partial charge in [0, 0.05) is 6.20 Å². The van der Waals surface area contributed by atoms with Crippen molar-refractivity contribution in [3.05, 3.63) is 32.7 Å². The summed E-state index contributed by atoms with van der Waals surface area (Å²) in [4.78, 5) is 4.35. The fourth-order valence-electron chi connectivity index (χ4n) is 1.11. The van der Waals surface area contributed by atoms with Crippen molar-refractivity contribution in [2.75, 3.05) is 0 Å². The summed E-state index contributed by atoms with van der Waals surface area (Å²) in [6.45, 7) is 1.99. The minimum Gasteiger partial charge on any atom is -0.293 e. The summed E-state index contributed by atoms with van der Waals surface area (Å²) in [6, 6.07) is 3.76. The zero-order valence-electron chi connectivity index (χ0n) is 6.38. The smallest absolute Gasteiger partial charge is 0.137 e. The lowest BCUT2D eigenvalue weighted by Gasteiger charge is -1.94.